The van der Waals surface area contributed by atoms with Crippen molar-refractivity contribution in [2.75, 3.05) is 37.6 Å². The summed E-state index contributed by atoms with van der Waals surface area (Å²) >= 11 is 0. The van der Waals surface area contributed by atoms with Crippen LogP contribution in [0.3, 0.4) is 0 Å². The molecule has 4 atom stereocenters. The molecule has 1 aliphatic heterocycles. The molecule has 1 heterocycles. The van der Waals surface area contributed by atoms with Crippen LogP contribution in [0.25, 0.3) is 0 Å². The van der Waals surface area contributed by atoms with Gasteiger partial charge in [0, 0.05) is 38.4 Å². The van der Waals surface area contributed by atoms with Gasteiger partial charge in [0.15, 0.2) is 0 Å². The highest BCUT2D eigenvalue weighted by molar-refractivity contribution is 5.86. The molecule has 3 aliphatic rings. The number of benzene rings is 1. The predicted octanol–water partition coefficient (Wildman–Crippen LogP) is 2.24. The van der Waals surface area contributed by atoms with E-state index in [0.717, 1.165) is 13.1 Å². The SMILES string of the molecule is C[C@H](NC(=O)N1CCN(c2ccccc2)CC1)C(=O)NC[C@H]1C[C@@H]2C=C[C@H]1C2. The lowest BCUT2D eigenvalue weighted by Gasteiger charge is -2.36. The average molecular weight is 383 g/mol. The second-order valence-corrected chi connectivity index (χ2v) is 8.27. The van der Waals surface area contributed by atoms with Crippen LogP contribution in [0.2, 0.25) is 0 Å². The third-order valence-electron chi connectivity index (χ3n) is 6.38. The minimum Gasteiger partial charge on any atom is -0.368 e. The number of allylic oxidation sites excluding steroid dienone is 2. The molecule has 2 fully saturated rings. The molecule has 2 aliphatic carbocycles. The van der Waals surface area contributed by atoms with Gasteiger partial charge < -0.3 is 20.4 Å². The number of hydrogen-bond donors (Lipinski definition) is 2. The molecule has 6 heteroatoms. The zero-order valence-corrected chi connectivity index (χ0v) is 16.5. The fourth-order valence-electron chi connectivity index (χ4n) is 4.66. The highest BCUT2D eigenvalue weighted by Gasteiger charge is 2.35. The summed E-state index contributed by atoms with van der Waals surface area (Å²) in [6, 6.07) is 9.58. The summed E-state index contributed by atoms with van der Waals surface area (Å²) in [5, 5.41) is 5.89. The van der Waals surface area contributed by atoms with Crippen molar-refractivity contribution in [1.29, 1.82) is 0 Å². The minimum absolute atomic E-state index is 0.0944. The summed E-state index contributed by atoms with van der Waals surface area (Å²) in [5.41, 5.74) is 1.19. The van der Waals surface area contributed by atoms with Crippen molar-refractivity contribution in [3.8, 4) is 0 Å². The Hall–Kier alpha value is -2.50. The van der Waals surface area contributed by atoms with Crippen LogP contribution in [0.5, 0.6) is 0 Å². The zero-order chi connectivity index (χ0) is 19.5. The van der Waals surface area contributed by atoms with Crippen molar-refractivity contribution in [3.63, 3.8) is 0 Å². The van der Waals surface area contributed by atoms with Gasteiger partial charge in [0.2, 0.25) is 5.91 Å². The van der Waals surface area contributed by atoms with Crippen LogP contribution in [0.15, 0.2) is 42.5 Å². The molecular weight excluding hydrogens is 352 g/mol. The van der Waals surface area contributed by atoms with Crippen LogP contribution in [-0.4, -0.2) is 55.6 Å². The maximum atomic E-state index is 12.5. The number of anilines is 1. The van der Waals surface area contributed by atoms with Crippen molar-refractivity contribution in [3.05, 3.63) is 42.5 Å². The number of piperazine rings is 1. The van der Waals surface area contributed by atoms with E-state index < -0.39 is 6.04 Å². The van der Waals surface area contributed by atoms with Crippen molar-refractivity contribution in [2.45, 2.75) is 25.8 Å². The van der Waals surface area contributed by atoms with Gasteiger partial charge in [-0.05, 0) is 49.7 Å². The van der Waals surface area contributed by atoms with E-state index in [0.29, 0.717) is 37.4 Å². The van der Waals surface area contributed by atoms with Gasteiger partial charge in [-0.2, -0.15) is 0 Å². The summed E-state index contributed by atoms with van der Waals surface area (Å²) < 4.78 is 0. The van der Waals surface area contributed by atoms with E-state index >= 15 is 0 Å². The Bertz CT molecular complexity index is 727. The number of amides is 3. The van der Waals surface area contributed by atoms with Gasteiger partial charge in [0.25, 0.3) is 0 Å². The Kier molecular flexibility index (Phi) is 5.55. The first-order valence-corrected chi connectivity index (χ1v) is 10.4. The van der Waals surface area contributed by atoms with Crippen molar-refractivity contribution in [1.82, 2.24) is 15.5 Å². The van der Waals surface area contributed by atoms with Crippen molar-refractivity contribution in [2.24, 2.45) is 17.8 Å². The standard InChI is InChI=1S/C22H30N4O2/c1-16(21(27)23-15-19-14-17-7-8-18(19)13-17)24-22(28)26-11-9-25(10-12-26)20-5-3-2-4-6-20/h2-8,16-19H,9-15H2,1H3,(H,23,27)(H,24,28)/t16-,17+,18-,19+/m0/s1. The first-order chi connectivity index (χ1) is 13.6. The number of rotatable bonds is 5. The Morgan fingerprint density at radius 3 is 2.46 bits per heavy atom. The Morgan fingerprint density at radius 2 is 1.82 bits per heavy atom. The number of hydrogen-bond acceptors (Lipinski definition) is 3. The molecule has 0 spiro atoms. The van der Waals surface area contributed by atoms with Crippen LogP contribution >= 0.6 is 0 Å². The van der Waals surface area contributed by atoms with Gasteiger partial charge in [-0.1, -0.05) is 30.4 Å². The van der Waals surface area contributed by atoms with E-state index in [4.69, 9.17) is 0 Å². The molecule has 0 radical (unpaired) electrons. The Morgan fingerprint density at radius 1 is 1.07 bits per heavy atom. The molecule has 1 aromatic carbocycles. The summed E-state index contributed by atoms with van der Waals surface area (Å²) in [6.07, 6.45) is 7.02. The van der Waals surface area contributed by atoms with E-state index in [-0.39, 0.29) is 11.9 Å². The van der Waals surface area contributed by atoms with E-state index in [9.17, 15) is 9.59 Å². The summed E-state index contributed by atoms with van der Waals surface area (Å²) in [7, 11) is 0. The topological polar surface area (TPSA) is 64.7 Å². The molecule has 2 bridgehead atoms. The van der Waals surface area contributed by atoms with Gasteiger partial charge in [0.05, 0.1) is 0 Å². The zero-order valence-electron chi connectivity index (χ0n) is 16.5. The highest BCUT2D eigenvalue weighted by Crippen LogP contribution is 2.42. The quantitative estimate of drug-likeness (QED) is 0.768. The second kappa shape index (κ2) is 8.25. The normalized spacial score (nSPS) is 27.0. The predicted molar refractivity (Wildman–Crippen MR) is 110 cm³/mol. The molecule has 150 valence electrons. The van der Waals surface area contributed by atoms with Gasteiger partial charge in [-0.3, -0.25) is 4.79 Å². The summed E-state index contributed by atoms with van der Waals surface area (Å²) in [5.74, 6) is 1.78. The van der Waals surface area contributed by atoms with Gasteiger partial charge >= 0.3 is 6.03 Å². The summed E-state index contributed by atoms with van der Waals surface area (Å²) in [4.78, 5) is 29.0. The largest absolute Gasteiger partial charge is 0.368 e. The molecule has 1 saturated carbocycles. The Balaban J connectivity index is 1.19. The third-order valence-corrected chi connectivity index (χ3v) is 6.38. The third kappa shape index (κ3) is 4.16. The molecule has 0 aromatic heterocycles. The van der Waals surface area contributed by atoms with Crippen LogP contribution in [-0.2, 0) is 4.79 Å². The first kappa shape index (κ1) is 18.8. The molecule has 0 unspecified atom stereocenters. The molecule has 1 aromatic rings. The fourth-order valence-corrected chi connectivity index (χ4v) is 4.66. The first-order valence-electron chi connectivity index (χ1n) is 10.4. The van der Waals surface area contributed by atoms with Crippen LogP contribution in [0.1, 0.15) is 19.8 Å². The smallest absolute Gasteiger partial charge is 0.318 e. The maximum absolute atomic E-state index is 12.5. The van der Waals surface area contributed by atoms with E-state index in [1.807, 2.05) is 18.2 Å². The van der Waals surface area contributed by atoms with Gasteiger partial charge in [-0.15, -0.1) is 0 Å². The molecule has 2 N–H and O–H groups in total. The monoisotopic (exact) mass is 382 g/mol. The lowest BCUT2D eigenvalue weighted by atomic mass is 9.93. The van der Waals surface area contributed by atoms with Crippen molar-refractivity contribution < 1.29 is 9.59 Å². The molecule has 4 rings (SSSR count). The molecule has 28 heavy (non-hydrogen) atoms. The Labute approximate surface area is 167 Å². The number of nitrogens with one attached hydrogen (secondary N) is 2. The van der Waals surface area contributed by atoms with Gasteiger partial charge in [-0.25, -0.2) is 4.79 Å². The lowest BCUT2D eigenvalue weighted by molar-refractivity contribution is -0.122. The van der Waals surface area contributed by atoms with Crippen LogP contribution in [0, 0.1) is 17.8 Å². The summed E-state index contributed by atoms with van der Waals surface area (Å²) in [6.45, 7) is 5.39. The minimum atomic E-state index is -0.520. The molecular formula is C22H30N4O2. The number of urea groups is 1. The fraction of sp³-hybridized carbons (Fsp3) is 0.545. The second-order valence-electron chi connectivity index (χ2n) is 8.27. The van der Waals surface area contributed by atoms with E-state index in [1.54, 1.807) is 11.8 Å². The number of para-hydroxylation sites is 1. The van der Waals surface area contributed by atoms with Crippen molar-refractivity contribution >= 4 is 17.6 Å². The van der Waals surface area contributed by atoms with E-state index in [2.05, 4.69) is 39.8 Å². The van der Waals surface area contributed by atoms with Gasteiger partial charge in [0.1, 0.15) is 6.04 Å². The van der Waals surface area contributed by atoms with Crippen LogP contribution < -0.4 is 15.5 Å². The van der Waals surface area contributed by atoms with E-state index in [1.165, 1.54) is 18.5 Å². The highest BCUT2D eigenvalue weighted by atomic mass is 16.2. The van der Waals surface area contributed by atoms with Crippen LogP contribution in [0.4, 0.5) is 10.5 Å². The number of carbonyl (C=O) groups is 2. The maximum Gasteiger partial charge on any atom is 0.318 e. The molecule has 1 saturated heterocycles. The number of fused-ring (bicyclic) bond motifs is 2. The number of carbonyl (C=O) groups excluding carboxylic acids is 2. The lowest BCUT2D eigenvalue weighted by Crippen LogP contribution is -2.55. The molecule has 6 nitrogen and oxygen atoms in total. The average Bonchev–Trinajstić information content (AvgIpc) is 3.36. The molecule has 3 amide bonds. The number of nitrogens with zero attached hydrogens (tertiary/aromatic N) is 2.